The highest BCUT2D eigenvalue weighted by Crippen LogP contribution is 2.45. The van der Waals surface area contributed by atoms with Crippen LogP contribution in [0.15, 0.2) is 24.3 Å². The summed E-state index contributed by atoms with van der Waals surface area (Å²) in [5.74, 6) is -0.344. The van der Waals surface area contributed by atoms with E-state index in [2.05, 4.69) is 0 Å². The fourth-order valence-electron chi connectivity index (χ4n) is 2.96. The normalized spacial score (nSPS) is 17.4. The zero-order chi connectivity index (χ0) is 15.0. The van der Waals surface area contributed by atoms with Crippen LogP contribution in [0.3, 0.4) is 0 Å². The van der Waals surface area contributed by atoms with Gasteiger partial charge in [-0.1, -0.05) is 18.6 Å². The number of aliphatic hydroxyl groups is 1. The summed E-state index contributed by atoms with van der Waals surface area (Å²) in [6, 6.07) is 6.31. The van der Waals surface area contributed by atoms with Crippen LogP contribution in [0.25, 0.3) is 0 Å². The van der Waals surface area contributed by atoms with Crippen molar-refractivity contribution in [2.75, 3.05) is 13.6 Å². The zero-order valence-electron chi connectivity index (χ0n) is 12.3. The summed E-state index contributed by atoms with van der Waals surface area (Å²) in [5.41, 5.74) is -0.796. The molecule has 0 heterocycles. The van der Waals surface area contributed by atoms with Gasteiger partial charge in [0.15, 0.2) is 0 Å². The van der Waals surface area contributed by atoms with Gasteiger partial charge in [0.1, 0.15) is 5.82 Å². The van der Waals surface area contributed by atoms with Gasteiger partial charge in [0, 0.05) is 13.6 Å². The summed E-state index contributed by atoms with van der Waals surface area (Å²) in [6.45, 7) is 3.61. The molecule has 20 heavy (non-hydrogen) atoms. The first-order valence-corrected chi connectivity index (χ1v) is 6.99. The van der Waals surface area contributed by atoms with Gasteiger partial charge in [-0.15, -0.1) is 0 Å². The quantitative estimate of drug-likeness (QED) is 0.920. The molecule has 1 aromatic carbocycles. The highest BCUT2D eigenvalue weighted by molar-refractivity contribution is 5.89. The second kappa shape index (κ2) is 5.17. The van der Waals surface area contributed by atoms with Gasteiger partial charge in [0.25, 0.3) is 0 Å². The number of likely N-dealkylation sites (N-methyl/N-ethyl adjacent to an activating group) is 1. The number of nitrogens with zero attached hydrogens (tertiary/aromatic N) is 1. The Labute approximate surface area is 119 Å². The van der Waals surface area contributed by atoms with Crippen LogP contribution in [0, 0.1) is 5.82 Å². The maximum absolute atomic E-state index is 13.4. The second-order valence-electron chi connectivity index (χ2n) is 6.42. The molecular formula is C16H22FNO2. The summed E-state index contributed by atoms with van der Waals surface area (Å²) in [7, 11) is 1.69. The van der Waals surface area contributed by atoms with E-state index in [1.165, 1.54) is 12.1 Å². The number of benzene rings is 1. The van der Waals surface area contributed by atoms with Crippen LogP contribution in [0.5, 0.6) is 0 Å². The number of hydrogen-bond acceptors (Lipinski definition) is 2. The average Bonchev–Trinajstić information content (AvgIpc) is 2.25. The molecule has 1 N–H and O–H groups in total. The van der Waals surface area contributed by atoms with Gasteiger partial charge in [-0.3, -0.25) is 4.79 Å². The van der Waals surface area contributed by atoms with Gasteiger partial charge in [0.2, 0.25) is 5.91 Å². The Morgan fingerprint density at radius 3 is 2.55 bits per heavy atom. The van der Waals surface area contributed by atoms with E-state index in [4.69, 9.17) is 0 Å². The highest BCUT2D eigenvalue weighted by Gasteiger charge is 2.47. The van der Waals surface area contributed by atoms with E-state index >= 15 is 0 Å². The molecule has 1 saturated carbocycles. The third-order valence-electron chi connectivity index (χ3n) is 3.96. The molecule has 0 aliphatic heterocycles. The summed E-state index contributed by atoms with van der Waals surface area (Å²) >= 11 is 0. The average molecular weight is 279 g/mol. The Bertz CT molecular complexity index is 503. The third kappa shape index (κ3) is 2.85. The molecule has 1 aromatic rings. The molecule has 0 aromatic heterocycles. The van der Waals surface area contributed by atoms with Crippen LogP contribution in [-0.2, 0) is 10.2 Å². The Hall–Kier alpha value is -1.42. The number of amides is 1. The molecular weight excluding hydrogens is 257 g/mol. The molecule has 2 rings (SSSR count). The van der Waals surface area contributed by atoms with Crippen LogP contribution in [0.4, 0.5) is 4.39 Å². The fraction of sp³-hybridized carbons (Fsp3) is 0.562. The smallest absolute Gasteiger partial charge is 0.233 e. The summed E-state index contributed by atoms with van der Waals surface area (Å²) in [5, 5.41) is 9.85. The maximum atomic E-state index is 13.4. The lowest BCUT2D eigenvalue weighted by molar-refractivity contribution is -0.142. The van der Waals surface area contributed by atoms with Gasteiger partial charge in [0.05, 0.1) is 11.0 Å². The summed E-state index contributed by atoms with van der Waals surface area (Å²) < 4.78 is 13.4. The molecule has 1 aliphatic carbocycles. The van der Waals surface area contributed by atoms with Gasteiger partial charge < -0.3 is 10.0 Å². The standard InChI is InChI=1S/C16H22FNO2/c1-15(2,20)11-18(3)14(19)16(8-5-9-16)12-6-4-7-13(17)10-12/h4,6-7,10,20H,5,8-9,11H2,1-3H3. The van der Waals surface area contributed by atoms with Crippen LogP contribution in [0.2, 0.25) is 0 Å². The minimum atomic E-state index is -0.933. The minimum Gasteiger partial charge on any atom is -0.389 e. The number of carbonyl (C=O) groups excluding carboxylic acids is 1. The van der Waals surface area contributed by atoms with E-state index in [1.807, 2.05) is 6.07 Å². The molecule has 0 saturated heterocycles. The minimum absolute atomic E-state index is 0.0310. The zero-order valence-corrected chi connectivity index (χ0v) is 12.3. The molecule has 3 nitrogen and oxygen atoms in total. The van der Waals surface area contributed by atoms with Crippen LogP contribution in [-0.4, -0.2) is 35.1 Å². The van der Waals surface area contributed by atoms with Gasteiger partial charge in [-0.2, -0.15) is 0 Å². The first kappa shape index (κ1) is 15.0. The highest BCUT2D eigenvalue weighted by atomic mass is 19.1. The predicted octanol–water partition coefficient (Wildman–Crippen LogP) is 2.48. The molecule has 0 bridgehead atoms. The van der Waals surface area contributed by atoms with Crippen molar-refractivity contribution in [1.29, 1.82) is 0 Å². The molecule has 1 amide bonds. The van der Waals surface area contributed by atoms with Crippen molar-refractivity contribution in [3.63, 3.8) is 0 Å². The number of rotatable bonds is 4. The third-order valence-corrected chi connectivity index (χ3v) is 3.96. The molecule has 0 radical (unpaired) electrons. The molecule has 1 fully saturated rings. The van der Waals surface area contributed by atoms with Crippen molar-refractivity contribution in [2.45, 2.75) is 44.1 Å². The van der Waals surface area contributed by atoms with E-state index in [9.17, 15) is 14.3 Å². The lowest BCUT2D eigenvalue weighted by atomic mass is 9.63. The van der Waals surface area contributed by atoms with Crippen molar-refractivity contribution in [1.82, 2.24) is 4.90 Å². The van der Waals surface area contributed by atoms with Gasteiger partial charge in [-0.05, 0) is 44.4 Å². The van der Waals surface area contributed by atoms with E-state index < -0.39 is 11.0 Å². The van der Waals surface area contributed by atoms with E-state index in [0.717, 1.165) is 24.8 Å². The van der Waals surface area contributed by atoms with Crippen molar-refractivity contribution in [3.8, 4) is 0 Å². The van der Waals surface area contributed by atoms with E-state index in [1.54, 1.807) is 31.9 Å². The largest absolute Gasteiger partial charge is 0.389 e. The SMILES string of the molecule is CN(CC(C)(C)O)C(=O)C1(c2cccc(F)c2)CCC1. The lowest BCUT2D eigenvalue weighted by Gasteiger charge is -2.44. The Morgan fingerprint density at radius 1 is 1.45 bits per heavy atom. The predicted molar refractivity (Wildman–Crippen MR) is 75.9 cm³/mol. The molecule has 1 aliphatic rings. The summed E-state index contributed by atoms with van der Waals surface area (Å²) in [6.07, 6.45) is 2.45. The van der Waals surface area contributed by atoms with E-state index in [-0.39, 0.29) is 18.3 Å². The van der Waals surface area contributed by atoms with Gasteiger partial charge >= 0.3 is 0 Å². The van der Waals surface area contributed by atoms with Crippen molar-refractivity contribution >= 4 is 5.91 Å². The summed E-state index contributed by atoms with van der Waals surface area (Å²) in [4.78, 5) is 14.3. The first-order valence-electron chi connectivity index (χ1n) is 6.99. The van der Waals surface area contributed by atoms with E-state index in [0.29, 0.717) is 0 Å². The monoisotopic (exact) mass is 279 g/mol. The van der Waals surface area contributed by atoms with Crippen LogP contribution >= 0.6 is 0 Å². The van der Waals surface area contributed by atoms with Crippen molar-refractivity contribution < 1.29 is 14.3 Å². The van der Waals surface area contributed by atoms with Gasteiger partial charge in [-0.25, -0.2) is 4.39 Å². The molecule has 110 valence electrons. The fourth-order valence-corrected chi connectivity index (χ4v) is 2.96. The Balaban J connectivity index is 2.25. The number of halogens is 1. The van der Waals surface area contributed by atoms with Crippen LogP contribution < -0.4 is 0 Å². The number of carbonyl (C=O) groups is 1. The molecule has 4 heteroatoms. The first-order chi connectivity index (χ1) is 9.24. The second-order valence-corrected chi connectivity index (χ2v) is 6.42. The van der Waals surface area contributed by atoms with Crippen LogP contribution in [0.1, 0.15) is 38.7 Å². The molecule has 0 spiro atoms. The van der Waals surface area contributed by atoms with Crippen molar-refractivity contribution in [3.05, 3.63) is 35.6 Å². The Kier molecular flexibility index (Phi) is 3.87. The topological polar surface area (TPSA) is 40.5 Å². The lowest BCUT2D eigenvalue weighted by Crippen LogP contribution is -2.52. The number of hydrogen-bond donors (Lipinski definition) is 1. The molecule has 0 atom stereocenters. The van der Waals surface area contributed by atoms with Crippen molar-refractivity contribution in [2.24, 2.45) is 0 Å². The Morgan fingerprint density at radius 2 is 2.10 bits per heavy atom. The molecule has 0 unspecified atom stereocenters. The maximum Gasteiger partial charge on any atom is 0.233 e.